The maximum absolute atomic E-state index is 3.22. The van der Waals surface area contributed by atoms with E-state index in [0.717, 1.165) is 12.6 Å². The third-order valence-electron chi connectivity index (χ3n) is 2.68. The predicted molar refractivity (Wildman–Crippen MR) is 56.9 cm³/mol. The molecule has 1 fully saturated rings. The Morgan fingerprint density at radius 3 is 2.92 bits per heavy atom. The molecule has 0 amide bonds. The van der Waals surface area contributed by atoms with Crippen LogP contribution in [0.5, 0.6) is 0 Å². The summed E-state index contributed by atoms with van der Waals surface area (Å²) in [4.78, 5) is 2.51. The zero-order valence-electron chi connectivity index (χ0n) is 8.34. The Morgan fingerprint density at radius 2 is 2.42 bits per heavy atom. The Morgan fingerprint density at radius 1 is 1.67 bits per heavy atom. The molecule has 1 N–H and O–H groups in total. The molecule has 2 atom stereocenters. The van der Waals surface area contributed by atoms with Gasteiger partial charge in [0.15, 0.2) is 0 Å². The van der Waals surface area contributed by atoms with Crippen LogP contribution < -0.4 is 5.32 Å². The monoisotopic (exact) mass is 188 g/mol. The van der Waals surface area contributed by atoms with Gasteiger partial charge >= 0.3 is 0 Å². The van der Waals surface area contributed by atoms with E-state index in [1.165, 1.54) is 17.9 Å². The molecule has 0 aromatic heterocycles. The highest BCUT2D eigenvalue weighted by Crippen LogP contribution is 2.22. The first-order valence-corrected chi connectivity index (χ1v) is 5.85. The molecule has 12 heavy (non-hydrogen) atoms. The van der Waals surface area contributed by atoms with Crippen LogP contribution in [0.2, 0.25) is 0 Å². The molecule has 1 aliphatic heterocycles. The average Bonchev–Trinajstić information content (AvgIpc) is 2.55. The summed E-state index contributed by atoms with van der Waals surface area (Å²) < 4.78 is 0. The minimum absolute atomic E-state index is 0.665. The number of thioether (sulfide) groups is 1. The number of likely N-dealkylation sites (N-methyl/N-ethyl adjacent to an activating group) is 2. The number of rotatable bonds is 4. The summed E-state index contributed by atoms with van der Waals surface area (Å²) in [6, 6.07) is 1.48. The van der Waals surface area contributed by atoms with E-state index in [1.54, 1.807) is 0 Å². The van der Waals surface area contributed by atoms with Crippen LogP contribution in [0.1, 0.15) is 13.3 Å². The lowest BCUT2D eigenvalue weighted by Gasteiger charge is -2.29. The van der Waals surface area contributed by atoms with Crippen molar-refractivity contribution in [2.45, 2.75) is 25.4 Å². The molecule has 2 nitrogen and oxygen atoms in total. The van der Waals surface area contributed by atoms with Gasteiger partial charge in [0.05, 0.1) is 0 Å². The first kappa shape index (κ1) is 10.4. The SMILES string of the molecule is CNCC(C)N(C)C1CCSC1. The standard InChI is InChI=1S/C9H20N2S/c1-8(6-10-2)11(3)9-4-5-12-7-9/h8-10H,4-7H2,1-3H3. The summed E-state index contributed by atoms with van der Waals surface area (Å²) in [6.45, 7) is 3.39. The largest absolute Gasteiger partial charge is 0.318 e. The lowest BCUT2D eigenvalue weighted by molar-refractivity contribution is 0.198. The van der Waals surface area contributed by atoms with Gasteiger partial charge in [-0.15, -0.1) is 0 Å². The lowest BCUT2D eigenvalue weighted by atomic mass is 10.2. The molecule has 1 rings (SSSR count). The third-order valence-corrected chi connectivity index (χ3v) is 3.82. The van der Waals surface area contributed by atoms with Crippen molar-refractivity contribution in [2.24, 2.45) is 0 Å². The molecule has 0 spiro atoms. The van der Waals surface area contributed by atoms with E-state index in [-0.39, 0.29) is 0 Å². The van der Waals surface area contributed by atoms with Crippen LogP contribution in [0.25, 0.3) is 0 Å². The summed E-state index contributed by atoms with van der Waals surface area (Å²) in [5.41, 5.74) is 0. The van der Waals surface area contributed by atoms with Crippen molar-refractivity contribution in [1.82, 2.24) is 10.2 Å². The van der Waals surface area contributed by atoms with Gasteiger partial charge in [-0.25, -0.2) is 0 Å². The average molecular weight is 188 g/mol. The normalized spacial score (nSPS) is 26.5. The van der Waals surface area contributed by atoms with Gasteiger partial charge in [0, 0.05) is 24.4 Å². The van der Waals surface area contributed by atoms with Crippen LogP contribution in [0.4, 0.5) is 0 Å². The topological polar surface area (TPSA) is 15.3 Å². The van der Waals surface area contributed by atoms with Crippen LogP contribution in [0.3, 0.4) is 0 Å². The Bertz CT molecular complexity index is 124. The number of hydrogen-bond donors (Lipinski definition) is 1. The second-order valence-electron chi connectivity index (χ2n) is 3.59. The summed E-state index contributed by atoms with van der Waals surface area (Å²) in [7, 11) is 4.27. The van der Waals surface area contributed by atoms with Gasteiger partial charge in [0.2, 0.25) is 0 Å². The van der Waals surface area contributed by atoms with Crippen molar-refractivity contribution < 1.29 is 0 Å². The second-order valence-corrected chi connectivity index (χ2v) is 4.74. The van der Waals surface area contributed by atoms with Gasteiger partial charge in [-0.1, -0.05) is 0 Å². The van der Waals surface area contributed by atoms with E-state index in [4.69, 9.17) is 0 Å². The van der Waals surface area contributed by atoms with E-state index in [9.17, 15) is 0 Å². The molecule has 0 bridgehead atoms. The van der Waals surface area contributed by atoms with Gasteiger partial charge in [-0.3, -0.25) is 4.90 Å². The zero-order chi connectivity index (χ0) is 8.97. The van der Waals surface area contributed by atoms with Crippen LogP contribution in [0, 0.1) is 0 Å². The fourth-order valence-corrected chi connectivity index (χ4v) is 2.92. The van der Waals surface area contributed by atoms with Crippen molar-refractivity contribution in [2.75, 3.05) is 32.1 Å². The minimum atomic E-state index is 0.665. The Labute approximate surface area is 80.1 Å². The van der Waals surface area contributed by atoms with Crippen LogP contribution >= 0.6 is 11.8 Å². The van der Waals surface area contributed by atoms with Gasteiger partial charge in [0.1, 0.15) is 0 Å². The third kappa shape index (κ3) is 2.64. The molecule has 1 saturated heterocycles. The zero-order valence-corrected chi connectivity index (χ0v) is 9.16. The van der Waals surface area contributed by atoms with Crippen LogP contribution in [-0.2, 0) is 0 Å². The molecular formula is C9H20N2S. The fraction of sp³-hybridized carbons (Fsp3) is 1.00. The lowest BCUT2D eigenvalue weighted by Crippen LogP contribution is -2.43. The molecule has 0 radical (unpaired) electrons. The van der Waals surface area contributed by atoms with Crippen molar-refractivity contribution in [1.29, 1.82) is 0 Å². The fourth-order valence-electron chi connectivity index (χ4n) is 1.64. The van der Waals surface area contributed by atoms with E-state index >= 15 is 0 Å². The highest BCUT2D eigenvalue weighted by atomic mass is 32.2. The molecule has 0 saturated carbocycles. The molecule has 0 aromatic carbocycles. The van der Waals surface area contributed by atoms with E-state index in [1.807, 2.05) is 7.05 Å². The van der Waals surface area contributed by atoms with Gasteiger partial charge < -0.3 is 5.32 Å². The summed E-state index contributed by atoms with van der Waals surface area (Å²) >= 11 is 2.08. The second kappa shape index (κ2) is 5.10. The summed E-state index contributed by atoms with van der Waals surface area (Å²) in [5.74, 6) is 2.67. The minimum Gasteiger partial charge on any atom is -0.318 e. The van der Waals surface area contributed by atoms with E-state index in [0.29, 0.717) is 6.04 Å². The first-order chi connectivity index (χ1) is 5.75. The first-order valence-electron chi connectivity index (χ1n) is 4.70. The molecule has 1 heterocycles. The van der Waals surface area contributed by atoms with E-state index < -0.39 is 0 Å². The highest BCUT2D eigenvalue weighted by molar-refractivity contribution is 7.99. The molecule has 0 aliphatic carbocycles. The van der Waals surface area contributed by atoms with Gasteiger partial charge in [-0.2, -0.15) is 11.8 Å². The number of nitrogens with zero attached hydrogens (tertiary/aromatic N) is 1. The molecule has 3 heteroatoms. The molecule has 72 valence electrons. The Hall–Kier alpha value is 0.270. The number of nitrogens with one attached hydrogen (secondary N) is 1. The van der Waals surface area contributed by atoms with Crippen molar-refractivity contribution in [3.63, 3.8) is 0 Å². The highest BCUT2D eigenvalue weighted by Gasteiger charge is 2.22. The summed E-state index contributed by atoms with van der Waals surface area (Å²) in [6.07, 6.45) is 1.37. The van der Waals surface area contributed by atoms with E-state index in [2.05, 4.69) is 35.9 Å². The van der Waals surface area contributed by atoms with Gasteiger partial charge in [-0.05, 0) is 33.2 Å². The molecule has 1 aliphatic rings. The predicted octanol–water partition coefficient (Wildman–Crippen LogP) is 1.03. The maximum Gasteiger partial charge on any atom is 0.0194 e. The smallest absolute Gasteiger partial charge is 0.0194 e. The molecular weight excluding hydrogens is 168 g/mol. The van der Waals surface area contributed by atoms with Gasteiger partial charge in [0.25, 0.3) is 0 Å². The Kier molecular flexibility index (Phi) is 4.40. The van der Waals surface area contributed by atoms with Crippen molar-refractivity contribution >= 4 is 11.8 Å². The quantitative estimate of drug-likeness (QED) is 0.709. The van der Waals surface area contributed by atoms with Crippen LogP contribution in [-0.4, -0.2) is 49.1 Å². The van der Waals surface area contributed by atoms with Crippen LogP contribution in [0.15, 0.2) is 0 Å². The molecule has 0 aromatic rings. The Balaban J connectivity index is 2.29. The maximum atomic E-state index is 3.22. The molecule has 2 unspecified atom stereocenters. The van der Waals surface area contributed by atoms with Crippen molar-refractivity contribution in [3.8, 4) is 0 Å². The summed E-state index contributed by atoms with van der Waals surface area (Å²) in [5, 5.41) is 3.22. The number of hydrogen-bond acceptors (Lipinski definition) is 3. The van der Waals surface area contributed by atoms with Crippen molar-refractivity contribution in [3.05, 3.63) is 0 Å².